The fraction of sp³-hybridized carbons (Fsp3) is 0.583. The highest BCUT2D eigenvalue weighted by molar-refractivity contribution is 8.13. The fourth-order valence-electron chi connectivity index (χ4n) is 1.60. The molecule has 1 aliphatic heterocycles. The standard InChI is InChI=1S/C12H18N2OS/c1-9-4-5-10(15-9)8-13-11-14-12(2,3)6-7-16-11/h4-5H,6-8H2,1-3H3,(H,13,14). The monoisotopic (exact) mass is 238 g/mol. The van der Waals surface area contributed by atoms with Crippen molar-refractivity contribution in [3.05, 3.63) is 23.7 Å². The van der Waals surface area contributed by atoms with E-state index >= 15 is 0 Å². The first-order chi connectivity index (χ1) is 7.55. The van der Waals surface area contributed by atoms with Gasteiger partial charge in [-0.05, 0) is 39.3 Å². The number of hydrogen-bond donors (Lipinski definition) is 1. The quantitative estimate of drug-likeness (QED) is 0.860. The van der Waals surface area contributed by atoms with E-state index in [1.807, 2.05) is 19.1 Å². The molecule has 0 aliphatic carbocycles. The van der Waals surface area contributed by atoms with Crippen molar-refractivity contribution in [2.24, 2.45) is 4.99 Å². The Kier molecular flexibility index (Phi) is 3.28. The Morgan fingerprint density at radius 1 is 1.50 bits per heavy atom. The largest absolute Gasteiger partial charge is 0.464 e. The summed E-state index contributed by atoms with van der Waals surface area (Å²) in [7, 11) is 0. The van der Waals surface area contributed by atoms with Crippen LogP contribution >= 0.6 is 11.8 Å². The first kappa shape index (κ1) is 11.6. The molecule has 2 heterocycles. The molecule has 1 N–H and O–H groups in total. The van der Waals surface area contributed by atoms with Gasteiger partial charge in [-0.1, -0.05) is 11.8 Å². The van der Waals surface area contributed by atoms with E-state index in [4.69, 9.17) is 4.42 Å². The van der Waals surface area contributed by atoms with Crippen molar-refractivity contribution >= 4 is 16.9 Å². The molecule has 0 atom stereocenters. The molecule has 1 saturated heterocycles. The molecule has 0 amide bonds. The molecular formula is C12H18N2OS. The fourth-order valence-corrected chi connectivity index (χ4v) is 2.91. The van der Waals surface area contributed by atoms with Crippen LogP contribution in [0.25, 0.3) is 0 Å². The van der Waals surface area contributed by atoms with Crippen molar-refractivity contribution in [2.45, 2.75) is 39.3 Å². The molecule has 1 aromatic heterocycles. The van der Waals surface area contributed by atoms with E-state index in [0.29, 0.717) is 6.54 Å². The van der Waals surface area contributed by atoms with Gasteiger partial charge in [0.15, 0.2) is 5.17 Å². The van der Waals surface area contributed by atoms with Gasteiger partial charge in [-0.3, -0.25) is 4.99 Å². The Morgan fingerprint density at radius 3 is 2.94 bits per heavy atom. The smallest absolute Gasteiger partial charge is 0.157 e. The minimum atomic E-state index is 0.170. The number of rotatable bonds is 2. The van der Waals surface area contributed by atoms with Crippen molar-refractivity contribution in [2.75, 3.05) is 5.75 Å². The van der Waals surface area contributed by atoms with Gasteiger partial charge >= 0.3 is 0 Å². The average molecular weight is 238 g/mol. The van der Waals surface area contributed by atoms with Crippen LogP contribution in [0, 0.1) is 6.92 Å². The molecule has 0 bridgehead atoms. The van der Waals surface area contributed by atoms with Crippen LogP contribution in [0.1, 0.15) is 31.8 Å². The number of amidine groups is 1. The molecule has 0 unspecified atom stereocenters. The van der Waals surface area contributed by atoms with Gasteiger partial charge in [-0.2, -0.15) is 0 Å². The lowest BCUT2D eigenvalue weighted by Gasteiger charge is -2.32. The summed E-state index contributed by atoms with van der Waals surface area (Å²) in [5.41, 5.74) is 0.170. The van der Waals surface area contributed by atoms with Crippen LogP contribution in [-0.4, -0.2) is 16.5 Å². The maximum atomic E-state index is 5.48. The summed E-state index contributed by atoms with van der Waals surface area (Å²) in [6.07, 6.45) is 1.18. The first-order valence-electron chi connectivity index (χ1n) is 5.56. The third-order valence-corrected chi connectivity index (χ3v) is 3.50. The molecule has 16 heavy (non-hydrogen) atoms. The lowest BCUT2D eigenvalue weighted by molar-refractivity contribution is 0.444. The normalized spacial score (nSPS) is 22.1. The van der Waals surface area contributed by atoms with Crippen LogP contribution in [0.3, 0.4) is 0 Å². The van der Waals surface area contributed by atoms with Crippen LogP contribution in [0.2, 0.25) is 0 Å². The third-order valence-electron chi connectivity index (χ3n) is 2.59. The van der Waals surface area contributed by atoms with Gasteiger partial charge in [-0.25, -0.2) is 0 Å². The maximum absolute atomic E-state index is 5.48. The SMILES string of the molecule is Cc1ccc(CN=C2NC(C)(C)CCS2)o1. The number of hydrogen-bond acceptors (Lipinski definition) is 3. The molecule has 2 rings (SSSR count). The Labute approximate surface area is 101 Å². The van der Waals surface area contributed by atoms with Gasteiger partial charge in [0.1, 0.15) is 11.5 Å². The van der Waals surface area contributed by atoms with Crippen molar-refractivity contribution in [3.8, 4) is 0 Å². The number of nitrogens with one attached hydrogen (secondary N) is 1. The Hall–Kier alpha value is -0.900. The molecule has 88 valence electrons. The lowest BCUT2D eigenvalue weighted by atomic mass is 10.0. The highest BCUT2D eigenvalue weighted by Crippen LogP contribution is 2.22. The van der Waals surface area contributed by atoms with E-state index in [1.54, 1.807) is 11.8 Å². The molecule has 0 radical (unpaired) electrons. The molecule has 4 heteroatoms. The minimum Gasteiger partial charge on any atom is -0.464 e. The van der Waals surface area contributed by atoms with Gasteiger partial charge < -0.3 is 9.73 Å². The molecule has 1 aliphatic rings. The molecule has 0 saturated carbocycles. The maximum Gasteiger partial charge on any atom is 0.157 e. The number of furan rings is 1. The summed E-state index contributed by atoms with van der Waals surface area (Å²) in [5, 5.41) is 4.47. The molecule has 1 aromatic rings. The summed E-state index contributed by atoms with van der Waals surface area (Å²) < 4.78 is 5.48. The molecule has 0 spiro atoms. The number of aryl methyl sites for hydroxylation is 1. The predicted octanol–water partition coefficient (Wildman–Crippen LogP) is 2.95. The van der Waals surface area contributed by atoms with E-state index in [9.17, 15) is 0 Å². The minimum absolute atomic E-state index is 0.170. The number of nitrogens with zero attached hydrogens (tertiary/aromatic N) is 1. The number of thioether (sulfide) groups is 1. The zero-order chi connectivity index (χ0) is 11.6. The first-order valence-corrected chi connectivity index (χ1v) is 6.54. The summed E-state index contributed by atoms with van der Waals surface area (Å²) >= 11 is 1.79. The summed E-state index contributed by atoms with van der Waals surface area (Å²) in [6.45, 7) is 6.99. The van der Waals surface area contributed by atoms with Gasteiger partial charge in [0, 0.05) is 11.3 Å². The van der Waals surface area contributed by atoms with Crippen molar-refractivity contribution < 1.29 is 4.42 Å². The van der Waals surface area contributed by atoms with Crippen LogP contribution < -0.4 is 5.32 Å². The highest BCUT2D eigenvalue weighted by atomic mass is 32.2. The molecule has 0 aromatic carbocycles. The number of aliphatic imine (C=N–C) groups is 1. The molecule has 1 fully saturated rings. The summed E-state index contributed by atoms with van der Waals surface area (Å²) in [4.78, 5) is 4.54. The Morgan fingerprint density at radius 2 is 2.31 bits per heavy atom. The molecule has 3 nitrogen and oxygen atoms in total. The van der Waals surface area contributed by atoms with E-state index in [-0.39, 0.29) is 5.54 Å². The van der Waals surface area contributed by atoms with Gasteiger partial charge in [0.05, 0.1) is 6.54 Å². The van der Waals surface area contributed by atoms with E-state index in [2.05, 4.69) is 24.2 Å². The van der Waals surface area contributed by atoms with Crippen LogP contribution in [0.5, 0.6) is 0 Å². The zero-order valence-electron chi connectivity index (χ0n) is 10.0. The Bertz CT molecular complexity index is 395. The lowest BCUT2D eigenvalue weighted by Crippen LogP contribution is -2.46. The molecular weight excluding hydrogens is 220 g/mol. The topological polar surface area (TPSA) is 37.5 Å². The van der Waals surface area contributed by atoms with Crippen LogP contribution in [0.4, 0.5) is 0 Å². The van der Waals surface area contributed by atoms with Crippen molar-refractivity contribution in [1.29, 1.82) is 0 Å². The van der Waals surface area contributed by atoms with Gasteiger partial charge in [0.2, 0.25) is 0 Å². The summed E-state index contributed by atoms with van der Waals surface area (Å²) in [6, 6.07) is 3.96. The van der Waals surface area contributed by atoms with E-state index < -0.39 is 0 Å². The van der Waals surface area contributed by atoms with Crippen LogP contribution in [0.15, 0.2) is 21.5 Å². The third kappa shape index (κ3) is 3.04. The second-order valence-electron chi connectivity index (χ2n) is 4.74. The average Bonchev–Trinajstić information content (AvgIpc) is 2.60. The Balaban J connectivity index is 1.97. The predicted molar refractivity (Wildman–Crippen MR) is 68.9 cm³/mol. The van der Waals surface area contributed by atoms with Crippen LogP contribution in [-0.2, 0) is 6.54 Å². The van der Waals surface area contributed by atoms with Gasteiger partial charge in [-0.15, -0.1) is 0 Å². The van der Waals surface area contributed by atoms with Gasteiger partial charge in [0.25, 0.3) is 0 Å². The second kappa shape index (κ2) is 4.53. The van der Waals surface area contributed by atoms with E-state index in [1.165, 1.54) is 6.42 Å². The zero-order valence-corrected chi connectivity index (χ0v) is 10.9. The second-order valence-corrected chi connectivity index (χ2v) is 5.82. The van der Waals surface area contributed by atoms with Crippen molar-refractivity contribution in [3.63, 3.8) is 0 Å². The highest BCUT2D eigenvalue weighted by Gasteiger charge is 2.23. The van der Waals surface area contributed by atoms with Crippen molar-refractivity contribution in [1.82, 2.24) is 5.32 Å². The van der Waals surface area contributed by atoms with E-state index in [0.717, 1.165) is 22.4 Å². The summed E-state index contributed by atoms with van der Waals surface area (Å²) in [5.74, 6) is 3.01.